The molecule has 19 heavy (non-hydrogen) atoms. The van der Waals surface area contributed by atoms with Gasteiger partial charge in [0.1, 0.15) is 5.75 Å². The maximum absolute atomic E-state index is 11.8. The predicted molar refractivity (Wildman–Crippen MR) is 78.9 cm³/mol. The monoisotopic (exact) mass is 283 g/mol. The molecule has 4 heteroatoms. The topological polar surface area (TPSA) is 38.3 Å². The van der Waals surface area contributed by atoms with Gasteiger partial charge in [-0.1, -0.05) is 24.9 Å². The van der Waals surface area contributed by atoms with Gasteiger partial charge in [0.05, 0.1) is 0 Å². The zero-order valence-electron chi connectivity index (χ0n) is 12.0. The summed E-state index contributed by atoms with van der Waals surface area (Å²) >= 11 is 6.10. The Balaban J connectivity index is 2.61. The number of aryl methyl sites for hydroxylation is 2. The normalized spacial score (nSPS) is 12.1. The molecule has 1 aromatic rings. The largest absolute Gasteiger partial charge is 0.481 e. The molecule has 106 valence electrons. The van der Waals surface area contributed by atoms with Crippen LogP contribution in [0.4, 0.5) is 0 Å². The lowest BCUT2D eigenvalue weighted by Gasteiger charge is -2.16. The van der Waals surface area contributed by atoms with Gasteiger partial charge in [0.15, 0.2) is 6.10 Å². The number of unbranched alkanes of at least 4 members (excludes halogenated alkanes) is 1. The molecule has 0 aromatic heterocycles. The Morgan fingerprint density at radius 1 is 1.37 bits per heavy atom. The molecule has 1 amide bonds. The Morgan fingerprint density at radius 2 is 1.95 bits per heavy atom. The van der Waals surface area contributed by atoms with Crippen molar-refractivity contribution in [3.8, 4) is 5.75 Å². The van der Waals surface area contributed by atoms with E-state index < -0.39 is 6.10 Å². The first-order valence-corrected chi connectivity index (χ1v) is 7.04. The number of benzene rings is 1. The molecule has 1 aromatic carbocycles. The van der Waals surface area contributed by atoms with Crippen LogP contribution in [0.2, 0.25) is 5.02 Å². The van der Waals surface area contributed by atoms with Crippen LogP contribution in [-0.2, 0) is 4.79 Å². The molecule has 0 heterocycles. The number of carbonyl (C=O) groups is 1. The Bertz CT molecular complexity index is 423. The summed E-state index contributed by atoms with van der Waals surface area (Å²) in [4.78, 5) is 11.8. The highest BCUT2D eigenvalue weighted by Gasteiger charge is 2.14. The van der Waals surface area contributed by atoms with Crippen LogP contribution in [0, 0.1) is 13.8 Å². The maximum Gasteiger partial charge on any atom is 0.260 e. The smallest absolute Gasteiger partial charge is 0.260 e. The van der Waals surface area contributed by atoms with Gasteiger partial charge in [-0.15, -0.1) is 0 Å². The third kappa shape index (κ3) is 4.75. The second-order valence-electron chi connectivity index (χ2n) is 4.78. The summed E-state index contributed by atoms with van der Waals surface area (Å²) in [5.41, 5.74) is 1.91. The number of amides is 1. The molecule has 0 fully saturated rings. The summed E-state index contributed by atoms with van der Waals surface area (Å²) in [6.07, 6.45) is 1.54. The molecular formula is C15H22ClNO2. The van der Waals surface area contributed by atoms with Crippen molar-refractivity contribution in [2.45, 2.75) is 46.6 Å². The Hall–Kier alpha value is -1.22. The number of halogens is 1. The van der Waals surface area contributed by atoms with Crippen molar-refractivity contribution in [3.63, 3.8) is 0 Å². The predicted octanol–water partition coefficient (Wildman–Crippen LogP) is 3.64. The number of nitrogens with one attached hydrogen (secondary N) is 1. The van der Waals surface area contributed by atoms with Crippen LogP contribution in [0.15, 0.2) is 12.1 Å². The van der Waals surface area contributed by atoms with Gasteiger partial charge in [-0.25, -0.2) is 0 Å². The maximum atomic E-state index is 11.8. The lowest BCUT2D eigenvalue weighted by atomic mass is 10.1. The molecule has 1 rings (SSSR count). The number of hydrogen-bond donors (Lipinski definition) is 1. The highest BCUT2D eigenvalue weighted by molar-refractivity contribution is 6.32. The number of carbonyl (C=O) groups excluding carboxylic acids is 1. The fourth-order valence-electron chi connectivity index (χ4n) is 1.76. The average molecular weight is 284 g/mol. The first-order valence-electron chi connectivity index (χ1n) is 6.66. The molecule has 1 N–H and O–H groups in total. The highest BCUT2D eigenvalue weighted by Crippen LogP contribution is 2.26. The van der Waals surface area contributed by atoms with Crippen LogP contribution >= 0.6 is 11.6 Å². The van der Waals surface area contributed by atoms with Crippen molar-refractivity contribution < 1.29 is 9.53 Å². The van der Waals surface area contributed by atoms with Gasteiger partial charge < -0.3 is 10.1 Å². The molecular weight excluding hydrogens is 262 g/mol. The minimum absolute atomic E-state index is 0.0845. The van der Waals surface area contributed by atoms with Gasteiger partial charge >= 0.3 is 0 Å². The zero-order valence-corrected chi connectivity index (χ0v) is 12.8. The molecule has 3 nitrogen and oxygen atoms in total. The lowest BCUT2D eigenvalue weighted by molar-refractivity contribution is -0.127. The third-order valence-electron chi connectivity index (χ3n) is 2.92. The van der Waals surface area contributed by atoms with E-state index in [1.807, 2.05) is 26.0 Å². The van der Waals surface area contributed by atoms with Crippen LogP contribution in [-0.4, -0.2) is 18.6 Å². The van der Waals surface area contributed by atoms with Gasteiger partial charge in [0.25, 0.3) is 5.91 Å². The van der Waals surface area contributed by atoms with Crippen LogP contribution < -0.4 is 10.1 Å². The van der Waals surface area contributed by atoms with Gasteiger partial charge in [-0.05, 0) is 50.5 Å². The minimum Gasteiger partial charge on any atom is -0.481 e. The minimum atomic E-state index is -0.503. The number of rotatable bonds is 6. The van der Waals surface area contributed by atoms with Gasteiger partial charge in [0, 0.05) is 11.6 Å². The van der Waals surface area contributed by atoms with Crippen LogP contribution in [0.1, 0.15) is 37.8 Å². The Kier molecular flexibility index (Phi) is 6.16. The van der Waals surface area contributed by atoms with E-state index in [1.54, 1.807) is 6.92 Å². The molecule has 0 unspecified atom stereocenters. The highest BCUT2D eigenvalue weighted by atomic mass is 35.5. The quantitative estimate of drug-likeness (QED) is 0.810. The summed E-state index contributed by atoms with van der Waals surface area (Å²) < 4.78 is 5.65. The fourth-order valence-corrected chi connectivity index (χ4v) is 1.87. The van der Waals surface area contributed by atoms with E-state index in [-0.39, 0.29) is 5.91 Å². The van der Waals surface area contributed by atoms with E-state index in [0.29, 0.717) is 12.3 Å². The molecule has 0 aliphatic rings. The Labute approximate surface area is 120 Å². The van der Waals surface area contributed by atoms with E-state index in [9.17, 15) is 4.79 Å². The lowest BCUT2D eigenvalue weighted by Crippen LogP contribution is -2.36. The summed E-state index contributed by atoms with van der Waals surface area (Å²) in [5.74, 6) is 0.594. The van der Waals surface area contributed by atoms with Crippen molar-refractivity contribution in [1.82, 2.24) is 5.32 Å². The summed E-state index contributed by atoms with van der Waals surface area (Å²) in [6.45, 7) is 8.38. The van der Waals surface area contributed by atoms with Crippen molar-refractivity contribution in [1.29, 1.82) is 0 Å². The van der Waals surface area contributed by atoms with Crippen molar-refractivity contribution in [3.05, 3.63) is 28.3 Å². The van der Waals surface area contributed by atoms with Crippen LogP contribution in [0.5, 0.6) is 5.75 Å². The fraction of sp³-hybridized carbons (Fsp3) is 0.533. The summed E-state index contributed by atoms with van der Waals surface area (Å²) in [5, 5.41) is 3.60. The molecule has 0 aliphatic heterocycles. The standard InChI is InChI=1S/C15H22ClNO2/c1-5-6-7-17-15(18)12(4)19-13-8-10(2)14(16)11(3)9-13/h8-9,12H,5-7H2,1-4H3,(H,17,18)/t12-/m1/s1. The van der Waals surface area contributed by atoms with E-state index in [4.69, 9.17) is 16.3 Å². The Morgan fingerprint density at radius 3 is 2.47 bits per heavy atom. The molecule has 0 bridgehead atoms. The van der Waals surface area contributed by atoms with Crippen molar-refractivity contribution in [2.24, 2.45) is 0 Å². The second-order valence-corrected chi connectivity index (χ2v) is 5.15. The van der Waals surface area contributed by atoms with E-state index >= 15 is 0 Å². The number of ether oxygens (including phenoxy) is 1. The molecule has 0 aliphatic carbocycles. The van der Waals surface area contributed by atoms with E-state index in [0.717, 1.165) is 29.0 Å². The molecule has 0 saturated carbocycles. The van der Waals surface area contributed by atoms with Crippen LogP contribution in [0.25, 0.3) is 0 Å². The first-order chi connectivity index (χ1) is 8.95. The van der Waals surface area contributed by atoms with Gasteiger partial charge in [-0.3, -0.25) is 4.79 Å². The SMILES string of the molecule is CCCCNC(=O)[C@@H](C)Oc1cc(C)c(Cl)c(C)c1. The average Bonchev–Trinajstić information content (AvgIpc) is 2.36. The van der Waals surface area contributed by atoms with Crippen LogP contribution in [0.3, 0.4) is 0 Å². The molecule has 0 spiro atoms. The molecule has 0 radical (unpaired) electrons. The molecule has 1 atom stereocenters. The van der Waals surface area contributed by atoms with E-state index in [1.165, 1.54) is 0 Å². The zero-order chi connectivity index (χ0) is 14.4. The third-order valence-corrected chi connectivity index (χ3v) is 3.52. The summed E-state index contributed by atoms with van der Waals surface area (Å²) in [7, 11) is 0. The van der Waals surface area contributed by atoms with Crippen molar-refractivity contribution in [2.75, 3.05) is 6.54 Å². The van der Waals surface area contributed by atoms with Crippen molar-refractivity contribution >= 4 is 17.5 Å². The van der Waals surface area contributed by atoms with E-state index in [2.05, 4.69) is 12.2 Å². The second kappa shape index (κ2) is 7.39. The summed E-state index contributed by atoms with van der Waals surface area (Å²) in [6, 6.07) is 3.70. The first kappa shape index (κ1) is 15.8. The number of hydrogen-bond acceptors (Lipinski definition) is 2. The van der Waals surface area contributed by atoms with Gasteiger partial charge in [0.2, 0.25) is 0 Å². The molecule has 0 saturated heterocycles. The van der Waals surface area contributed by atoms with Gasteiger partial charge in [-0.2, -0.15) is 0 Å².